The number of halogens is 4. The van der Waals surface area contributed by atoms with Crippen LogP contribution in [0, 0.1) is 12.7 Å². The molecule has 0 unspecified atom stereocenters. The number of pyridine rings is 1. The molecule has 0 radical (unpaired) electrons. The van der Waals surface area contributed by atoms with Crippen LogP contribution in [-0.2, 0) is 11.8 Å². The zero-order chi connectivity index (χ0) is 24.3. The van der Waals surface area contributed by atoms with E-state index >= 15 is 0 Å². The first kappa shape index (κ1) is 23.6. The number of benzene rings is 1. The summed E-state index contributed by atoms with van der Waals surface area (Å²) in [5.74, 6) is -2.77. The van der Waals surface area contributed by atoms with Gasteiger partial charge in [0.2, 0.25) is 5.82 Å². The zero-order valence-corrected chi connectivity index (χ0v) is 17.5. The van der Waals surface area contributed by atoms with Crippen LogP contribution in [0.25, 0.3) is 22.5 Å². The summed E-state index contributed by atoms with van der Waals surface area (Å²) in [6, 6.07) is 4.36. The molecule has 1 atom stereocenters. The molecule has 0 aliphatic rings. The van der Waals surface area contributed by atoms with Gasteiger partial charge in [0.1, 0.15) is 5.82 Å². The number of nitrogens with one attached hydrogen (secondary N) is 3. The van der Waals surface area contributed by atoms with E-state index in [0.29, 0.717) is 22.5 Å². The molecule has 14 heteroatoms. The van der Waals surface area contributed by atoms with E-state index in [4.69, 9.17) is 0 Å². The Morgan fingerprint density at radius 2 is 1.91 bits per heavy atom. The molecule has 0 spiro atoms. The molecule has 10 nitrogen and oxygen atoms in total. The van der Waals surface area contributed by atoms with Gasteiger partial charge in [0.05, 0.1) is 18.8 Å². The summed E-state index contributed by atoms with van der Waals surface area (Å²) in [5, 5.41) is 14.2. The lowest BCUT2D eigenvalue weighted by molar-refractivity contribution is -0.174. The summed E-state index contributed by atoms with van der Waals surface area (Å²) >= 11 is 0. The van der Waals surface area contributed by atoms with E-state index in [2.05, 4.69) is 25.7 Å². The van der Waals surface area contributed by atoms with E-state index in [1.54, 1.807) is 19.2 Å². The van der Waals surface area contributed by atoms with Gasteiger partial charge in [-0.05, 0) is 36.3 Å². The molecule has 3 aromatic rings. The second-order valence-corrected chi connectivity index (χ2v) is 6.96. The molecule has 0 aliphatic carbocycles. The standard InChI is InChI=1S/C19H18F4N8O2/c1-9-5-4-6-12(14(9)16-26-30-31(3)29-16)11-7-13(20)15(24-8-11)10(2)25-18(33)28-27-17(32)19(21,22)23/h4-8,10H,1-3H3,(H,27,32)(H2,25,28,33)/t10-/m1/s1. The number of amides is 3. The van der Waals surface area contributed by atoms with Crippen molar-refractivity contribution in [2.45, 2.75) is 26.1 Å². The number of hydrogen-bond donors (Lipinski definition) is 3. The van der Waals surface area contributed by atoms with Crippen molar-refractivity contribution in [3.8, 4) is 22.5 Å². The molecule has 3 amide bonds. The van der Waals surface area contributed by atoms with Crippen molar-refractivity contribution in [1.29, 1.82) is 0 Å². The quantitative estimate of drug-likeness (QED) is 0.400. The van der Waals surface area contributed by atoms with Crippen molar-refractivity contribution in [2.24, 2.45) is 7.05 Å². The molecule has 33 heavy (non-hydrogen) atoms. The predicted octanol–water partition coefficient (Wildman–Crippen LogP) is 2.34. The smallest absolute Gasteiger partial charge is 0.329 e. The van der Waals surface area contributed by atoms with Crippen LogP contribution in [0.2, 0.25) is 0 Å². The third-order valence-corrected chi connectivity index (χ3v) is 4.49. The van der Waals surface area contributed by atoms with Gasteiger partial charge in [0.25, 0.3) is 0 Å². The monoisotopic (exact) mass is 466 g/mol. The van der Waals surface area contributed by atoms with Crippen molar-refractivity contribution in [2.75, 3.05) is 0 Å². The van der Waals surface area contributed by atoms with Gasteiger partial charge in [-0.25, -0.2) is 14.6 Å². The second kappa shape index (κ2) is 9.18. The Morgan fingerprint density at radius 1 is 1.18 bits per heavy atom. The summed E-state index contributed by atoms with van der Waals surface area (Å²) in [6.45, 7) is 3.22. The van der Waals surface area contributed by atoms with Crippen molar-refractivity contribution < 1.29 is 27.2 Å². The largest absolute Gasteiger partial charge is 0.472 e. The highest BCUT2D eigenvalue weighted by Crippen LogP contribution is 2.33. The fourth-order valence-electron chi connectivity index (χ4n) is 2.99. The van der Waals surface area contributed by atoms with Crippen molar-refractivity contribution in [1.82, 2.24) is 41.4 Å². The molecule has 174 valence electrons. The summed E-state index contributed by atoms with van der Waals surface area (Å²) in [6.07, 6.45) is -3.79. The third-order valence-electron chi connectivity index (χ3n) is 4.49. The van der Waals surface area contributed by atoms with E-state index in [1.165, 1.54) is 34.8 Å². The van der Waals surface area contributed by atoms with Crippen LogP contribution in [-0.4, -0.2) is 43.3 Å². The number of hydrogen-bond acceptors (Lipinski definition) is 6. The lowest BCUT2D eigenvalue weighted by Gasteiger charge is -2.16. The van der Waals surface area contributed by atoms with Crippen LogP contribution in [0.5, 0.6) is 0 Å². The first-order valence-electron chi connectivity index (χ1n) is 9.41. The highest BCUT2D eigenvalue weighted by atomic mass is 19.4. The first-order valence-corrected chi connectivity index (χ1v) is 9.41. The average Bonchev–Trinajstić information content (AvgIpc) is 3.16. The van der Waals surface area contributed by atoms with Gasteiger partial charge in [-0.1, -0.05) is 18.2 Å². The number of rotatable bonds is 4. The minimum absolute atomic E-state index is 0.164. The number of carbonyl (C=O) groups excluding carboxylic acids is 2. The minimum Gasteiger partial charge on any atom is -0.329 e. The Morgan fingerprint density at radius 3 is 2.52 bits per heavy atom. The lowest BCUT2D eigenvalue weighted by atomic mass is 9.96. The fourth-order valence-corrected chi connectivity index (χ4v) is 2.99. The topological polar surface area (TPSA) is 127 Å². The molecular formula is C19H18F4N8O2. The van der Waals surface area contributed by atoms with Gasteiger partial charge in [-0.2, -0.15) is 18.0 Å². The van der Waals surface area contributed by atoms with E-state index < -0.39 is 30.0 Å². The van der Waals surface area contributed by atoms with Gasteiger partial charge in [0.15, 0.2) is 0 Å². The summed E-state index contributed by atoms with van der Waals surface area (Å²) in [4.78, 5) is 27.8. The number of tetrazole rings is 1. The highest BCUT2D eigenvalue weighted by Gasteiger charge is 2.39. The SMILES string of the molecule is Cc1cccc(-c2cnc([C@@H](C)NC(=O)NNC(=O)C(F)(F)F)c(F)c2)c1-c1nnn(C)n1. The number of urea groups is 1. The average molecular weight is 466 g/mol. The second-order valence-electron chi connectivity index (χ2n) is 6.96. The van der Waals surface area contributed by atoms with Gasteiger partial charge in [-0.15, -0.1) is 10.2 Å². The van der Waals surface area contributed by atoms with Crippen LogP contribution in [0.3, 0.4) is 0 Å². The Bertz CT molecular complexity index is 1190. The number of hydrazine groups is 1. The van der Waals surface area contributed by atoms with Crippen LogP contribution < -0.4 is 16.2 Å². The summed E-state index contributed by atoms with van der Waals surface area (Å²) < 4.78 is 51.3. The zero-order valence-electron chi connectivity index (χ0n) is 17.5. The van der Waals surface area contributed by atoms with Crippen LogP contribution >= 0.6 is 0 Å². The number of nitrogens with zero attached hydrogens (tertiary/aromatic N) is 5. The molecule has 2 heterocycles. The maximum absolute atomic E-state index is 14.8. The van der Waals surface area contributed by atoms with Crippen LogP contribution in [0.15, 0.2) is 30.5 Å². The Labute approximate surface area is 184 Å². The van der Waals surface area contributed by atoms with Crippen molar-refractivity contribution in [3.63, 3.8) is 0 Å². The number of carbonyl (C=O) groups is 2. The molecule has 0 aliphatic heterocycles. The number of alkyl halides is 3. The lowest BCUT2D eigenvalue weighted by Crippen LogP contribution is -2.51. The Balaban J connectivity index is 1.79. The van der Waals surface area contributed by atoms with Crippen molar-refractivity contribution >= 4 is 11.9 Å². The minimum atomic E-state index is -5.17. The van der Waals surface area contributed by atoms with E-state index in [-0.39, 0.29) is 5.69 Å². The number of aryl methyl sites for hydroxylation is 2. The molecule has 0 saturated heterocycles. The van der Waals surface area contributed by atoms with Gasteiger partial charge in [-0.3, -0.25) is 15.2 Å². The highest BCUT2D eigenvalue weighted by molar-refractivity contribution is 5.85. The summed E-state index contributed by atoms with van der Waals surface area (Å²) in [7, 11) is 1.61. The first-order chi connectivity index (χ1) is 15.5. The van der Waals surface area contributed by atoms with Crippen LogP contribution in [0.4, 0.5) is 22.4 Å². The molecule has 3 rings (SSSR count). The molecule has 2 aromatic heterocycles. The van der Waals surface area contributed by atoms with E-state index in [1.807, 2.05) is 13.0 Å². The van der Waals surface area contributed by atoms with E-state index in [9.17, 15) is 27.2 Å². The number of aromatic nitrogens is 5. The maximum atomic E-state index is 14.8. The molecular weight excluding hydrogens is 448 g/mol. The van der Waals surface area contributed by atoms with Crippen molar-refractivity contribution in [3.05, 3.63) is 47.5 Å². The molecule has 0 fully saturated rings. The molecule has 3 N–H and O–H groups in total. The maximum Gasteiger partial charge on any atom is 0.472 e. The Kier molecular flexibility index (Phi) is 6.55. The third kappa shape index (κ3) is 5.39. The summed E-state index contributed by atoms with van der Waals surface area (Å²) in [5.41, 5.74) is 5.06. The molecule has 0 bridgehead atoms. The van der Waals surface area contributed by atoms with Gasteiger partial charge >= 0.3 is 18.1 Å². The van der Waals surface area contributed by atoms with Crippen LogP contribution in [0.1, 0.15) is 24.2 Å². The fraction of sp³-hybridized carbons (Fsp3) is 0.263. The normalized spacial score (nSPS) is 12.2. The Hall–Kier alpha value is -4.10. The van der Waals surface area contributed by atoms with Gasteiger partial charge in [0, 0.05) is 17.3 Å². The molecule has 1 aromatic carbocycles. The van der Waals surface area contributed by atoms with Gasteiger partial charge < -0.3 is 5.32 Å². The predicted molar refractivity (Wildman–Crippen MR) is 106 cm³/mol. The molecule has 0 saturated carbocycles. The van der Waals surface area contributed by atoms with E-state index in [0.717, 1.165) is 5.56 Å².